The number of hydrogen-bond acceptors (Lipinski definition) is 2. The van der Waals surface area contributed by atoms with E-state index in [9.17, 15) is 0 Å². The van der Waals surface area contributed by atoms with Gasteiger partial charge < -0.3 is 9.97 Å². The fourth-order valence-corrected chi connectivity index (χ4v) is 10.4. The number of rotatable bonds is 1. The van der Waals surface area contributed by atoms with Crippen LogP contribution in [-0.2, 0) is 36.4 Å². The second kappa shape index (κ2) is 13.4. The van der Waals surface area contributed by atoms with Crippen LogP contribution < -0.4 is 0 Å². The summed E-state index contributed by atoms with van der Waals surface area (Å²) in [5.41, 5.74) is 13.4. The first-order valence-electron chi connectivity index (χ1n) is 20.9. The Labute approximate surface area is 366 Å². The second-order valence-corrected chi connectivity index (χ2v) is 18.7. The summed E-state index contributed by atoms with van der Waals surface area (Å²) in [4.78, 5) is 9.41. The first kappa shape index (κ1) is 38.5. The van der Waals surface area contributed by atoms with Crippen molar-refractivity contribution in [3.8, 4) is 11.3 Å². The molecule has 0 saturated heterocycles. The van der Waals surface area contributed by atoms with E-state index in [-0.39, 0.29) is 36.4 Å². The summed E-state index contributed by atoms with van der Waals surface area (Å²) in [5.74, 6) is 0. The Bertz CT molecular complexity index is 2890. The molecule has 0 unspecified atom stereocenters. The van der Waals surface area contributed by atoms with Crippen LogP contribution in [-0.4, -0.2) is 9.97 Å². The average Bonchev–Trinajstić information content (AvgIpc) is 3.72. The van der Waals surface area contributed by atoms with Crippen LogP contribution in [0.25, 0.3) is 76.0 Å². The molecule has 0 fully saturated rings. The molecule has 0 saturated carbocycles. The van der Waals surface area contributed by atoms with Gasteiger partial charge in [0.15, 0.2) is 0 Å². The third-order valence-corrected chi connectivity index (χ3v) is 13.9. The SMILES string of the molecule is CC1(C)c2c[c-]c3cc2c2cc(ccc21)c1ccc2c(c1)c1cc(ccc1C2(C)C)c1ccc2c(c1)c1cc3ncc1C2(C)C.Cc1c[c-]c(-c2ccc(C)cn2)cc1.[Ir]. The van der Waals surface area contributed by atoms with E-state index < -0.39 is 0 Å². The maximum Gasteiger partial charge on any atom is 0.0207 e. The fraction of sp³-hybridized carbons (Fsp3) is 0.193. The summed E-state index contributed by atoms with van der Waals surface area (Å²) in [6.45, 7) is 18.2. The number of benzene rings is 6. The van der Waals surface area contributed by atoms with Crippen molar-refractivity contribution in [1.82, 2.24) is 9.97 Å². The van der Waals surface area contributed by atoms with Crippen molar-refractivity contribution >= 4 is 64.8 Å². The van der Waals surface area contributed by atoms with E-state index in [4.69, 9.17) is 4.98 Å². The van der Waals surface area contributed by atoms with Crippen LogP contribution in [0.1, 0.15) is 86.1 Å². The molecule has 3 aliphatic rings. The van der Waals surface area contributed by atoms with Crippen LogP contribution in [0.5, 0.6) is 0 Å². The van der Waals surface area contributed by atoms with Gasteiger partial charge in [-0.15, -0.1) is 64.5 Å². The van der Waals surface area contributed by atoms with Gasteiger partial charge in [0, 0.05) is 43.3 Å². The summed E-state index contributed by atoms with van der Waals surface area (Å²) >= 11 is 0. The Balaban J connectivity index is 0.000000246. The van der Waals surface area contributed by atoms with E-state index in [2.05, 4.69) is 175 Å². The molecule has 2 aromatic heterocycles. The molecular weight excluding hydrogens is 905 g/mol. The largest absolute Gasteiger partial charge is 0.304 e. The molecular formula is C57H46IrN2-2. The minimum Gasteiger partial charge on any atom is -0.304 e. The van der Waals surface area contributed by atoms with E-state index in [1.807, 2.05) is 31.3 Å². The zero-order valence-electron chi connectivity index (χ0n) is 35.4. The van der Waals surface area contributed by atoms with Crippen molar-refractivity contribution in [2.24, 2.45) is 0 Å². The van der Waals surface area contributed by atoms with Gasteiger partial charge in [-0.1, -0.05) is 121 Å². The van der Waals surface area contributed by atoms with Gasteiger partial charge in [-0.05, 0) is 130 Å². The molecule has 295 valence electrons. The van der Waals surface area contributed by atoms with Crippen LogP contribution in [0.15, 0.2) is 134 Å². The maximum absolute atomic E-state index is 5.07. The molecule has 12 bridgehead atoms. The van der Waals surface area contributed by atoms with Crippen molar-refractivity contribution in [1.29, 1.82) is 0 Å². The molecule has 3 aliphatic carbocycles. The van der Waals surface area contributed by atoms with Crippen LogP contribution in [0.3, 0.4) is 0 Å². The number of fused-ring (bicyclic) bond motifs is 9. The van der Waals surface area contributed by atoms with Gasteiger partial charge in [-0.25, -0.2) is 0 Å². The maximum atomic E-state index is 5.07. The predicted octanol–water partition coefficient (Wildman–Crippen LogP) is 14.6. The van der Waals surface area contributed by atoms with Crippen molar-refractivity contribution in [2.45, 2.75) is 71.6 Å². The van der Waals surface area contributed by atoms with Gasteiger partial charge in [-0.3, -0.25) is 0 Å². The monoisotopic (exact) mass is 951 g/mol. The first-order chi connectivity index (χ1) is 28.3. The summed E-state index contributed by atoms with van der Waals surface area (Å²) in [6, 6.07) is 52.4. The summed E-state index contributed by atoms with van der Waals surface area (Å²) in [7, 11) is 0. The average molecular weight is 951 g/mol. The van der Waals surface area contributed by atoms with Crippen LogP contribution >= 0.6 is 0 Å². The van der Waals surface area contributed by atoms with E-state index in [1.54, 1.807) is 0 Å². The van der Waals surface area contributed by atoms with Gasteiger partial charge >= 0.3 is 0 Å². The Morgan fingerprint density at radius 1 is 0.400 bits per heavy atom. The Kier molecular flexibility index (Phi) is 8.58. The van der Waals surface area contributed by atoms with Crippen LogP contribution in [0.2, 0.25) is 0 Å². The number of aromatic nitrogens is 2. The summed E-state index contributed by atoms with van der Waals surface area (Å²) in [6.07, 6.45) is 3.99. The molecule has 0 spiro atoms. The molecule has 9 aromatic rings. The second-order valence-electron chi connectivity index (χ2n) is 18.7. The van der Waals surface area contributed by atoms with E-state index >= 15 is 0 Å². The smallest absolute Gasteiger partial charge is 0.0207 e. The summed E-state index contributed by atoms with van der Waals surface area (Å²) in [5, 5.41) is 14.0. The van der Waals surface area contributed by atoms with Crippen molar-refractivity contribution in [3.63, 3.8) is 0 Å². The Morgan fingerprint density at radius 3 is 1.35 bits per heavy atom. The number of nitrogens with zero attached hydrogens (tertiary/aromatic N) is 2. The van der Waals surface area contributed by atoms with Crippen molar-refractivity contribution in [3.05, 3.63) is 190 Å². The first-order valence-corrected chi connectivity index (χ1v) is 20.9. The van der Waals surface area contributed by atoms with Crippen LogP contribution in [0.4, 0.5) is 0 Å². The molecule has 0 atom stereocenters. The molecule has 12 rings (SSSR count). The zero-order chi connectivity index (χ0) is 40.6. The van der Waals surface area contributed by atoms with Gasteiger partial charge in [0.05, 0.1) is 0 Å². The molecule has 60 heavy (non-hydrogen) atoms. The Morgan fingerprint density at radius 2 is 0.867 bits per heavy atom. The predicted molar refractivity (Wildman–Crippen MR) is 249 cm³/mol. The fourth-order valence-electron chi connectivity index (χ4n) is 10.4. The van der Waals surface area contributed by atoms with Gasteiger partial charge in [0.2, 0.25) is 0 Å². The summed E-state index contributed by atoms with van der Waals surface area (Å²) < 4.78 is 0. The molecule has 3 heteroatoms. The number of hydrogen-bond donors (Lipinski definition) is 0. The molecule has 0 aliphatic heterocycles. The number of pyridine rings is 2. The molecule has 7 aromatic carbocycles. The van der Waals surface area contributed by atoms with Crippen molar-refractivity contribution in [2.75, 3.05) is 0 Å². The van der Waals surface area contributed by atoms with E-state index in [0.29, 0.717) is 0 Å². The zero-order valence-corrected chi connectivity index (χ0v) is 37.8. The molecule has 2 nitrogen and oxygen atoms in total. The van der Waals surface area contributed by atoms with Gasteiger partial charge in [-0.2, -0.15) is 0 Å². The Hall–Kier alpha value is -5.73. The van der Waals surface area contributed by atoms with Crippen LogP contribution in [0, 0.1) is 26.0 Å². The van der Waals surface area contributed by atoms with E-state index in [1.165, 1.54) is 98.4 Å². The van der Waals surface area contributed by atoms with E-state index in [0.717, 1.165) is 22.2 Å². The molecule has 0 N–H and O–H groups in total. The minimum absolute atomic E-state index is 0. The number of aryl methyl sites for hydroxylation is 2. The minimum atomic E-state index is -0.105. The third kappa shape index (κ3) is 5.63. The quantitative estimate of drug-likeness (QED) is 0.153. The normalized spacial score (nSPS) is 15.3. The van der Waals surface area contributed by atoms with Crippen molar-refractivity contribution < 1.29 is 20.1 Å². The third-order valence-electron chi connectivity index (χ3n) is 13.9. The molecule has 2 heterocycles. The van der Waals surface area contributed by atoms with Gasteiger partial charge in [0.25, 0.3) is 0 Å². The molecule has 1 radical (unpaired) electrons. The standard InChI is InChI=1S/C44H34N.C13H12N.Ir/c1-42(2)35-12-7-24-17-29(35)30-18-25(8-13-36(30)42)27-10-15-39-32(20-27)34-22-41(45-23-40(34)44(39,5)6)28-11-16-38-33(21-28)31-19-26(24)9-14-37(31)43(38,3)4;1-10-3-6-12(7-4-10)13-8-5-11(2)9-14-13;/h7-10,12-23H,1-6H3;3-6,8-9H,1-2H3;/q2*-1;. The molecule has 0 amide bonds. The van der Waals surface area contributed by atoms with Gasteiger partial charge in [0.1, 0.15) is 0 Å². The topological polar surface area (TPSA) is 25.8 Å².